The van der Waals surface area contributed by atoms with Gasteiger partial charge < -0.3 is 4.74 Å². The summed E-state index contributed by atoms with van der Waals surface area (Å²) in [5, 5.41) is 8.81. The normalized spacial score (nSPS) is 10.2. The van der Waals surface area contributed by atoms with Crippen LogP contribution in [0.4, 0.5) is 4.39 Å². The fourth-order valence-corrected chi connectivity index (χ4v) is 2.08. The van der Waals surface area contributed by atoms with Crippen LogP contribution in [-0.2, 0) is 6.61 Å². The monoisotopic (exact) mass is 269 g/mol. The van der Waals surface area contributed by atoms with Crippen molar-refractivity contribution < 1.29 is 9.13 Å². The van der Waals surface area contributed by atoms with Gasteiger partial charge in [-0.05, 0) is 49.6 Å². The van der Waals surface area contributed by atoms with E-state index in [0.717, 1.165) is 22.4 Å². The van der Waals surface area contributed by atoms with Crippen molar-refractivity contribution in [1.29, 1.82) is 5.26 Å². The first-order valence-corrected chi connectivity index (χ1v) is 6.41. The molecule has 0 aromatic heterocycles. The number of nitriles is 1. The van der Waals surface area contributed by atoms with Crippen molar-refractivity contribution in [1.82, 2.24) is 0 Å². The number of halogens is 1. The van der Waals surface area contributed by atoms with Crippen molar-refractivity contribution in [3.8, 4) is 11.8 Å². The summed E-state index contributed by atoms with van der Waals surface area (Å²) in [6, 6.07) is 10.6. The Kier molecular flexibility index (Phi) is 4.05. The lowest BCUT2D eigenvalue weighted by Gasteiger charge is -2.13. The van der Waals surface area contributed by atoms with E-state index >= 15 is 0 Å². The maximum atomic E-state index is 13.9. The predicted octanol–water partition coefficient (Wildman–Crippen LogP) is 4.20. The van der Waals surface area contributed by atoms with Gasteiger partial charge in [0.2, 0.25) is 0 Å². The summed E-state index contributed by atoms with van der Waals surface area (Å²) in [6.45, 7) is 6.11. The number of nitrogens with zero attached hydrogens (tertiary/aromatic N) is 1. The summed E-state index contributed by atoms with van der Waals surface area (Å²) in [5.41, 5.74) is 3.74. The van der Waals surface area contributed by atoms with Gasteiger partial charge in [-0.15, -0.1) is 0 Å². The molecule has 0 spiro atoms. The summed E-state index contributed by atoms with van der Waals surface area (Å²) in [4.78, 5) is 0. The van der Waals surface area contributed by atoms with Gasteiger partial charge in [0.05, 0.1) is 5.56 Å². The lowest BCUT2D eigenvalue weighted by molar-refractivity contribution is 0.297. The van der Waals surface area contributed by atoms with Crippen LogP contribution in [0.2, 0.25) is 0 Å². The van der Waals surface area contributed by atoms with Gasteiger partial charge in [0.25, 0.3) is 0 Å². The highest BCUT2D eigenvalue weighted by molar-refractivity contribution is 5.42. The van der Waals surface area contributed by atoms with Crippen molar-refractivity contribution in [3.05, 3.63) is 64.0 Å². The molecule has 2 nitrogen and oxygen atoms in total. The van der Waals surface area contributed by atoms with Gasteiger partial charge in [-0.2, -0.15) is 5.26 Å². The Hall–Kier alpha value is -2.34. The van der Waals surface area contributed by atoms with Crippen molar-refractivity contribution in [2.45, 2.75) is 27.4 Å². The number of rotatable bonds is 3. The van der Waals surface area contributed by atoms with Gasteiger partial charge in [0.1, 0.15) is 24.2 Å². The molecule has 0 fully saturated rings. The van der Waals surface area contributed by atoms with Gasteiger partial charge in [-0.3, -0.25) is 0 Å². The second kappa shape index (κ2) is 5.75. The van der Waals surface area contributed by atoms with Crippen molar-refractivity contribution in [3.63, 3.8) is 0 Å². The molecule has 0 aliphatic heterocycles. The molecule has 0 aliphatic rings. The number of benzene rings is 2. The van der Waals surface area contributed by atoms with E-state index in [-0.39, 0.29) is 12.2 Å². The Balaban J connectivity index is 2.24. The topological polar surface area (TPSA) is 33.0 Å². The molecular formula is C17H16FNO. The average Bonchev–Trinajstić information content (AvgIpc) is 2.42. The first-order chi connectivity index (χ1) is 9.52. The zero-order valence-electron chi connectivity index (χ0n) is 11.8. The molecule has 0 atom stereocenters. The molecule has 0 N–H and O–H groups in total. The van der Waals surface area contributed by atoms with Crippen molar-refractivity contribution in [2.24, 2.45) is 0 Å². The van der Waals surface area contributed by atoms with Gasteiger partial charge >= 0.3 is 0 Å². The second-order valence-corrected chi connectivity index (χ2v) is 4.88. The van der Waals surface area contributed by atoms with Crippen LogP contribution in [0.15, 0.2) is 30.3 Å². The van der Waals surface area contributed by atoms with Gasteiger partial charge in [0.15, 0.2) is 0 Å². The van der Waals surface area contributed by atoms with Gasteiger partial charge in [0, 0.05) is 5.56 Å². The first kappa shape index (κ1) is 14.1. The molecule has 0 radical (unpaired) electrons. The van der Waals surface area contributed by atoms with E-state index in [9.17, 15) is 4.39 Å². The van der Waals surface area contributed by atoms with Gasteiger partial charge in [-0.1, -0.05) is 18.2 Å². The molecule has 2 aromatic carbocycles. The Morgan fingerprint density at radius 2 is 1.95 bits per heavy atom. The fraction of sp³-hybridized carbons (Fsp3) is 0.235. The molecule has 0 aliphatic carbocycles. The van der Waals surface area contributed by atoms with Crippen LogP contribution in [0.3, 0.4) is 0 Å². The third-order valence-corrected chi connectivity index (χ3v) is 3.35. The fourth-order valence-electron chi connectivity index (χ4n) is 2.08. The molecule has 0 amide bonds. The smallest absolute Gasteiger partial charge is 0.147 e. The van der Waals surface area contributed by atoms with Crippen LogP contribution >= 0.6 is 0 Å². The summed E-state index contributed by atoms with van der Waals surface area (Å²) in [7, 11) is 0. The number of hydrogen-bond acceptors (Lipinski definition) is 2. The predicted molar refractivity (Wildman–Crippen MR) is 76.1 cm³/mol. The Bertz CT molecular complexity index is 686. The van der Waals surface area contributed by atoms with Crippen LogP contribution < -0.4 is 4.74 Å². The van der Waals surface area contributed by atoms with Crippen molar-refractivity contribution in [2.75, 3.05) is 0 Å². The van der Waals surface area contributed by atoms with E-state index < -0.39 is 5.82 Å². The number of aryl methyl sites for hydroxylation is 2. The molecule has 0 bridgehead atoms. The third kappa shape index (κ3) is 2.80. The molecule has 0 saturated carbocycles. The van der Waals surface area contributed by atoms with Crippen LogP contribution in [0.25, 0.3) is 0 Å². The number of hydrogen-bond donors (Lipinski definition) is 0. The molecule has 102 valence electrons. The Labute approximate surface area is 118 Å². The highest BCUT2D eigenvalue weighted by Gasteiger charge is 2.09. The Morgan fingerprint density at radius 1 is 1.20 bits per heavy atom. The molecule has 0 unspecified atom stereocenters. The standard InChI is InChI=1S/C17H16FNO/c1-11-7-12(2)13(3)16(8-11)20-10-15-6-4-5-14(9-19)17(15)18/h4-8H,10H2,1-3H3. The summed E-state index contributed by atoms with van der Waals surface area (Å²) < 4.78 is 19.6. The highest BCUT2D eigenvalue weighted by Crippen LogP contribution is 2.24. The molecule has 2 rings (SSSR count). The second-order valence-electron chi connectivity index (χ2n) is 4.88. The van der Waals surface area contributed by atoms with Gasteiger partial charge in [-0.25, -0.2) is 4.39 Å². The quantitative estimate of drug-likeness (QED) is 0.836. The summed E-state index contributed by atoms with van der Waals surface area (Å²) in [5.74, 6) is 0.251. The maximum Gasteiger partial charge on any atom is 0.147 e. The minimum atomic E-state index is -0.503. The third-order valence-electron chi connectivity index (χ3n) is 3.35. The molecule has 20 heavy (non-hydrogen) atoms. The first-order valence-electron chi connectivity index (χ1n) is 6.41. The minimum Gasteiger partial charge on any atom is -0.489 e. The zero-order valence-corrected chi connectivity index (χ0v) is 11.8. The number of ether oxygens (including phenoxy) is 1. The molecule has 0 heterocycles. The summed E-state index contributed by atoms with van der Waals surface area (Å²) in [6.07, 6.45) is 0. The van der Waals surface area contributed by atoms with E-state index in [2.05, 4.69) is 6.07 Å². The molecule has 0 saturated heterocycles. The molecular weight excluding hydrogens is 253 g/mol. The van der Waals surface area contributed by atoms with E-state index in [1.807, 2.05) is 32.9 Å². The lowest BCUT2D eigenvalue weighted by atomic mass is 10.1. The maximum absolute atomic E-state index is 13.9. The average molecular weight is 269 g/mol. The largest absolute Gasteiger partial charge is 0.489 e. The summed E-state index contributed by atoms with van der Waals surface area (Å²) >= 11 is 0. The minimum absolute atomic E-state index is 0.0447. The van der Waals surface area contributed by atoms with Crippen LogP contribution in [0.1, 0.15) is 27.8 Å². The van der Waals surface area contributed by atoms with E-state index in [1.54, 1.807) is 12.1 Å². The molecule has 3 heteroatoms. The zero-order chi connectivity index (χ0) is 14.7. The highest BCUT2D eigenvalue weighted by atomic mass is 19.1. The van der Waals surface area contributed by atoms with Crippen LogP contribution in [0.5, 0.6) is 5.75 Å². The lowest BCUT2D eigenvalue weighted by Crippen LogP contribution is -2.02. The Morgan fingerprint density at radius 3 is 2.65 bits per heavy atom. The molecule has 2 aromatic rings. The SMILES string of the molecule is Cc1cc(C)c(C)c(OCc2cccc(C#N)c2F)c1. The van der Waals surface area contributed by atoms with E-state index in [1.165, 1.54) is 6.07 Å². The van der Waals surface area contributed by atoms with Crippen molar-refractivity contribution >= 4 is 0 Å². The van der Waals surface area contributed by atoms with Crippen LogP contribution in [0, 0.1) is 37.9 Å². The van der Waals surface area contributed by atoms with Crippen LogP contribution in [-0.4, -0.2) is 0 Å². The van der Waals surface area contributed by atoms with E-state index in [0.29, 0.717) is 5.56 Å². The van der Waals surface area contributed by atoms with E-state index in [4.69, 9.17) is 10.00 Å².